The van der Waals surface area contributed by atoms with Gasteiger partial charge in [-0.25, -0.2) is 4.98 Å². The molecule has 0 bridgehead atoms. The molecule has 0 unspecified atom stereocenters. The molecule has 6 heteroatoms. The molecule has 0 aliphatic carbocycles. The van der Waals surface area contributed by atoms with E-state index in [2.05, 4.69) is 45.3 Å². The van der Waals surface area contributed by atoms with Crippen molar-refractivity contribution in [1.82, 2.24) is 20.2 Å². The number of thiophene rings is 1. The number of aromatic nitrogens is 4. The summed E-state index contributed by atoms with van der Waals surface area (Å²) in [6.07, 6.45) is 7.37. The van der Waals surface area contributed by atoms with Gasteiger partial charge in [0.15, 0.2) is 0 Å². The Labute approximate surface area is 154 Å². The van der Waals surface area contributed by atoms with Gasteiger partial charge in [-0.1, -0.05) is 13.3 Å². The number of aryl methyl sites for hydroxylation is 1. The third kappa shape index (κ3) is 3.55. The molecule has 4 rings (SSSR count). The van der Waals surface area contributed by atoms with E-state index < -0.39 is 0 Å². The first-order valence-corrected chi connectivity index (χ1v) is 10.0. The number of rotatable bonds is 6. The summed E-state index contributed by atoms with van der Waals surface area (Å²) in [6, 6.07) is 10.6. The van der Waals surface area contributed by atoms with Crippen LogP contribution in [-0.4, -0.2) is 20.2 Å². The lowest BCUT2D eigenvalue weighted by Crippen LogP contribution is -1.84. The van der Waals surface area contributed by atoms with Crippen LogP contribution >= 0.6 is 22.7 Å². The van der Waals surface area contributed by atoms with Crippen molar-refractivity contribution < 1.29 is 0 Å². The number of hydrogen-bond donors (Lipinski definition) is 1. The zero-order chi connectivity index (χ0) is 17.1. The highest BCUT2D eigenvalue weighted by atomic mass is 32.1. The fourth-order valence-corrected chi connectivity index (χ4v) is 4.27. The third-order valence-electron chi connectivity index (χ3n) is 3.99. The lowest BCUT2D eigenvalue weighted by Gasteiger charge is -1.99. The van der Waals surface area contributed by atoms with Crippen LogP contribution in [0, 0.1) is 0 Å². The predicted octanol–water partition coefficient (Wildman–Crippen LogP) is 5.67. The Balaban J connectivity index is 1.53. The van der Waals surface area contributed by atoms with Gasteiger partial charge in [-0.3, -0.25) is 10.1 Å². The third-order valence-corrected chi connectivity index (χ3v) is 5.99. The molecule has 126 valence electrons. The second-order valence-electron chi connectivity index (χ2n) is 5.81. The van der Waals surface area contributed by atoms with Gasteiger partial charge >= 0.3 is 0 Å². The SMILES string of the molecule is CCCCc1ccc(-c2ccc(-c3cc(-c4nccs4)[nH]n3)nc2)s1. The summed E-state index contributed by atoms with van der Waals surface area (Å²) in [5, 5.41) is 10.3. The number of nitrogens with one attached hydrogen (secondary N) is 1. The zero-order valence-corrected chi connectivity index (χ0v) is 15.5. The minimum absolute atomic E-state index is 0.839. The van der Waals surface area contributed by atoms with Gasteiger partial charge in [0.2, 0.25) is 0 Å². The van der Waals surface area contributed by atoms with Crippen LogP contribution in [0.5, 0.6) is 0 Å². The summed E-state index contributed by atoms with van der Waals surface area (Å²) in [7, 11) is 0. The van der Waals surface area contributed by atoms with E-state index in [1.54, 1.807) is 17.5 Å². The molecule has 4 nitrogen and oxygen atoms in total. The van der Waals surface area contributed by atoms with Crippen molar-refractivity contribution in [3.05, 3.63) is 53.0 Å². The maximum atomic E-state index is 4.60. The van der Waals surface area contributed by atoms with E-state index in [0.717, 1.165) is 27.7 Å². The summed E-state index contributed by atoms with van der Waals surface area (Å²) < 4.78 is 0. The number of aromatic amines is 1. The van der Waals surface area contributed by atoms with Crippen molar-refractivity contribution in [2.24, 2.45) is 0 Å². The molecule has 4 aromatic rings. The highest BCUT2D eigenvalue weighted by Gasteiger charge is 2.09. The Morgan fingerprint density at radius 3 is 2.80 bits per heavy atom. The van der Waals surface area contributed by atoms with E-state index in [4.69, 9.17) is 0 Å². The number of pyridine rings is 1. The van der Waals surface area contributed by atoms with Gasteiger partial charge in [-0.05, 0) is 43.2 Å². The van der Waals surface area contributed by atoms with Gasteiger partial charge in [0, 0.05) is 33.1 Å². The maximum Gasteiger partial charge on any atom is 0.141 e. The number of H-pyrrole nitrogens is 1. The Hall–Kier alpha value is -2.31. The van der Waals surface area contributed by atoms with Crippen LogP contribution in [0.2, 0.25) is 0 Å². The van der Waals surface area contributed by atoms with Gasteiger partial charge in [0.25, 0.3) is 0 Å². The van der Waals surface area contributed by atoms with Crippen molar-refractivity contribution in [3.8, 4) is 32.5 Å². The van der Waals surface area contributed by atoms with Gasteiger partial charge in [-0.2, -0.15) is 5.10 Å². The highest BCUT2D eigenvalue weighted by Crippen LogP contribution is 2.30. The predicted molar refractivity (Wildman–Crippen MR) is 105 cm³/mol. The molecule has 0 atom stereocenters. The van der Waals surface area contributed by atoms with E-state index >= 15 is 0 Å². The topological polar surface area (TPSA) is 54.5 Å². The summed E-state index contributed by atoms with van der Waals surface area (Å²) in [4.78, 5) is 11.6. The average molecular weight is 367 g/mol. The van der Waals surface area contributed by atoms with Crippen LogP contribution in [0.1, 0.15) is 24.6 Å². The standard InChI is InChI=1S/C19H18N4S2/c1-2-3-4-14-6-8-18(25-14)13-5-7-15(21-12-13)16-11-17(23-22-16)19-20-9-10-24-19/h5-12H,2-4H2,1H3,(H,22,23). The molecule has 0 radical (unpaired) electrons. The monoisotopic (exact) mass is 366 g/mol. The van der Waals surface area contributed by atoms with E-state index in [-0.39, 0.29) is 0 Å². The van der Waals surface area contributed by atoms with E-state index in [1.807, 2.05) is 35.0 Å². The molecular weight excluding hydrogens is 348 g/mol. The van der Waals surface area contributed by atoms with E-state index in [9.17, 15) is 0 Å². The highest BCUT2D eigenvalue weighted by molar-refractivity contribution is 7.15. The van der Waals surface area contributed by atoms with Crippen LogP contribution in [0.3, 0.4) is 0 Å². The fourth-order valence-electron chi connectivity index (χ4n) is 2.63. The molecule has 0 aliphatic rings. The van der Waals surface area contributed by atoms with Gasteiger partial charge in [-0.15, -0.1) is 22.7 Å². The van der Waals surface area contributed by atoms with Crippen molar-refractivity contribution in [2.75, 3.05) is 0 Å². The molecule has 0 aliphatic heterocycles. The summed E-state index contributed by atoms with van der Waals surface area (Å²) in [5.41, 5.74) is 3.79. The largest absolute Gasteiger partial charge is 0.275 e. The minimum atomic E-state index is 0.839. The molecule has 0 fully saturated rings. The van der Waals surface area contributed by atoms with Gasteiger partial charge in [0.1, 0.15) is 10.7 Å². The smallest absolute Gasteiger partial charge is 0.141 e. The van der Waals surface area contributed by atoms with E-state index in [1.165, 1.54) is 29.0 Å². The molecule has 0 aromatic carbocycles. The van der Waals surface area contributed by atoms with Crippen LogP contribution in [0.25, 0.3) is 32.5 Å². The van der Waals surface area contributed by atoms with Crippen LogP contribution < -0.4 is 0 Å². The number of unbranched alkanes of at least 4 members (excludes halogenated alkanes) is 1. The first-order valence-electron chi connectivity index (χ1n) is 8.34. The normalized spacial score (nSPS) is 11.1. The first kappa shape index (κ1) is 16.2. The lowest BCUT2D eigenvalue weighted by atomic mass is 10.2. The maximum absolute atomic E-state index is 4.60. The summed E-state index contributed by atoms with van der Waals surface area (Å²) in [5.74, 6) is 0. The fraction of sp³-hybridized carbons (Fsp3) is 0.211. The number of hydrogen-bond acceptors (Lipinski definition) is 5. The molecule has 0 amide bonds. The molecule has 0 saturated carbocycles. The first-order chi connectivity index (χ1) is 12.3. The van der Waals surface area contributed by atoms with Crippen molar-refractivity contribution in [2.45, 2.75) is 26.2 Å². The van der Waals surface area contributed by atoms with Crippen molar-refractivity contribution in [1.29, 1.82) is 0 Å². The molecular formula is C19H18N4S2. The Morgan fingerprint density at radius 1 is 1.08 bits per heavy atom. The van der Waals surface area contributed by atoms with Gasteiger partial charge in [0.05, 0.1) is 11.4 Å². The van der Waals surface area contributed by atoms with Crippen LogP contribution in [-0.2, 0) is 6.42 Å². The Bertz CT molecular complexity index is 936. The molecule has 0 saturated heterocycles. The number of thiazole rings is 1. The second kappa shape index (κ2) is 7.29. The molecule has 25 heavy (non-hydrogen) atoms. The average Bonchev–Trinajstić information content (AvgIpc) is 3.41. The molecule has 0 spiro atoms. The zero-order valence-electron chi connectivity index (χ0n) is 13.9. The van der Waals surface area contributed by atoms with Gasteiger partial charge < -0.3 is 0 Å². The minimum Gasteiger partial charge on any atom is -0.275 e. The van der Waals surface area contributed by atoms with Crippen molar-refractivity contribution >= 4 is 22.7 Å². The second-order valence-corrected chi connectivity index (χ2v) is 7.87. The van der Waals surface area contributed by atoms with Crippen LogP contribution in [0.15, 0.2) is 48.1 Å². The van der Waals surface area contributed by atoms with Crippen molar-refractivity contribution in [3.63, 3.8) is 0 Å². The Kier molecular flexibility index (Phi) is 4.72. The quantitative estimate of drug-likeness (QED) is 0.478. The number of nitrogens with zero attached hydrogens (tertiary/aromatic N) is 3. The summed E-state index contributed by atoms with van der Waals surface area (Å²) in [6.45, 7) is 2.23. The summed E-state index contributed by atoms with van der Waals surface area (Å²) >= 11 is 3.45. The molecule has 4 aromatic heterocycles. The molecule has 1 N–H and O–H groups in total. The van der Waals surface area contributed by atoms with E-state index in [0.29, 0.717) is 0 Å². The Morgan fingerprint density at radius 2 is 2.04 bits per heavy atom. The van der Waals surface area contributed by atoms with Crippen LogP contribution in [0.4, 0.5) is 0 Å². The lowest BCUT2D eigenvalue weighted by molar-refractivity contribution is 0.804. The molecule has 4 heterocycles.